The van der Waals surface area contributed by atoms with Crippen molar-refractivity contribution in [1.82, 2.24) is 24.5 Å². The molecule has 3 heterocycles. The zero-order valence-electron chi connectivity index (χ0n) is 15.3. The van der Waals surface area contributed by atoms with Crippen LogP contribution in [0.2, 0.25) is 0 Å². The fourth-order valence-electron chi connectivity index (χ4n) is 3.51. The lowest BCUT2D eigenvalue weighted by Crippen LogP contribution is -2.46. The molecule has 1 amide bonds. The standard InChI is InChI=1S/C18H28N6O/c1-4-14(2)24-17(8-10-20-24)21-18(25)15(3)23-12-5-7-16(23)13-22-11-6-9-19-22/h6,8-11,14-16H,4-5,7,12-13H2,1-3H3,(H,21,25)/t14-,15-,16-/m0/s1. The number of nitrogens with one attached hydrogen (secondary N) is 1. The molecule has 7 nitrogen and oxygen atoms in total. The first-order chi connectivity index (χ1) is 12.1. The molecule has 0 saturated carbocycles. The fourth-order valence-corrected chi connectivity index (χ4v) is 3.51. The zero-order chi connectivity index (χ0) is 17.8. The lowest BCUT2D eigenvalue weighted by atomic mass is 10.2. The predicted molar refractivity (Wildman–Crippen MR) is 97.3 cm³/mol. The Morgan fingerprint density at radius 2 is 2.20 bits per heavy atom. The average molecular weight is 344 g/mol. The van der Waals surface area contributed by atoms with E-state index >= 15 is 0 Å². The van der Waals surface area contributed by atoms with Gasteiger partial charge in [-0.05, 0) is 45.7 Å². The van der Waals surface area contributed by atoms with Gasteiger partial charge >= 0.3 is 0 Å². The van der Waals surface area contributed by atoms with Crippen molar-refractivity contribution >= 4 is 11.7 Å². The lowest BCUT2D eigenvalue weighted by Gasteiger charge is -2.30. The van der Waals surface area contributed by atoms with E-state index in [2.05, 4.69) is 34.3 Å². The first-order valence-electron chi connectivity index (χ1n) is 9.17. The number of amides is 1. The number of rotatable bonds is 7. The van der Waals surface area contributed by atoms with Gasteiger partial charge in [-0.25, -0.2) is 4.68 Å². The van der Waals surface area contributed by atoms with Gasteiger partial charge in [-0.3, -0.25) is 14.4 Å². The zero-order valence-corrected chi connectivity index (χ0v) is 15.3. The second-order valence-corrected chi connectivity index (χ2v) is 6.85. The summed E-state index contributed by atoms with van der Waals surface area (Å²) in [5.41, 5.74) is 0. The monoisotopic (exact) mass is 344 g/mol. The van der Waals surface area contributed by atoms with E-state index in [1.54, 1.807) is 12.4 Å². The van der Waals surface area contributed by atoms with Crippen molar-refractivity contribution in [2.75, 3.05) is 11.9 Å². The van der Waals surface area contributed by atoms with E-state index in [-0.39, 0.29) is 18.0 Å². The van der Waals surface area contributed by atoms with E-state index in [0.29, 0.717) is 6.04 Å². The quantitative estimate of drug-likeness (QED) is 0.838. The highest BCUT2D eigenvalue weighted by Crippen LogP contribution is 2.23. The van der Waals surface area contributed by atoms with Crippen molar-refractivity contribution in [2.24, 2.45) is 0 Å². The molecule has 2 aromatic rings. The summed E-state index contributed by atoms with van der Waals surface area (Å²) < 4.78 is 3.83. The fraction of sp³-hybridized carbons (Fsp3) is 0.611. The van der Waals surface area contributed by atoms with Crippen LogP contribution in [0.25, 0.3) is 0 Å². The molecule has 2 aromatic heterocycles. The van der Waals surface area contributed by atoms with Gasteiger partial charge in [0.1, 0.15) is 5.82 Å². The molecule has 7 heteroatoms. The summed E-state index contributed by atoms with van der Waals surface area (Å²) in [6, 6.07) is 4.23. The summed E-state index contributed by atoms with van der Waals surface area (Å²) in [6.45, 7) is 7.98. The summed E-state index contributed by atoms with van der Waals surface area (Å²) in [5.74, 6) is 0.798. The number of likely N-dealkylation sites (tertiary alicyclic amines) is 1. The molecule has 0 unspecified atom stereocenters. The minimum absolute atomic E-state index is 0.0254. The second kappa shape index (κ2) is 7.82. The van der Waals surface area contributed by atoms with Crippen LogP contribution in [0.3, 0.4) is 0 Å². The Bertz CT molecular complexity index is 680. The van der Waals surface area contributed by atoms with Gasteiger partial charge in [-0.1, -0.05) is 6.92 Å². The third kappa shape index (κ3) is 3.92. The molecule has 3 rings (SSSR count). The van der Waals surface area contributed by atoms with Crippen LogP contribution in [0.15, 0.2) is 30.7 Å². The van der Waals surface area contributed by atoms with Gasteiger partial charge in [-0.2, -0.15) is 10.2 Å². The van der Waals surface area contributed by atoms with Crippen LogP contribution in [0.4, 0.5) is 5.82 Å². The summed E-state index contributed by atoms with van der Waals surface area (Å²) in [5, 5.41) is 11.7. The Kier molecular flexibility index (Phi) is 5.53. The predicted octanol–water partition coefficient (Wildman–Crippen LogP) is 2.54. The molecule has 25 heavy (non-hydrogen) atoms. The maximum Gasteiger partial charge on any atom is 0.242 e. The van der Waals surface area contributed by atoms with Crippen LogP contribution in [0, 0.1) is 0 Å². The molecular formula is C18H28N6O. The second-order valence-electron chi connectivity index (χ2n) is 6.85. The van der Waals surface area contributed by atoms with Gasteiger partial charge in [0.05, 0.1) is 24.8 Å². The Balaban J connectivity index is 1.64. The van der Waals surface area contributed by atoms with Gasteiger partial charge in [0, 0.05) is 24.5 Å². The summed E-state index contributed by atoms with van der Waals surface area (Å²) >= 11 is 0. The molecule has 0 radical (unpaired) electrons. The number of anilines is 1. The highest BCUT2D eigenvalue weighted by atomic mass is 16.2. The van der Waals surface area contributed by atoms with Crippen LogP contribution in [-0.4, -0.2) is 49.0 Å². The van der Waals surface area contributed by atoms with E-state index in [0.717, 1.165) is 38.2 Å². The number of nitrogens with zero attached hydrogens (tertiary/aromatic N) is 5. The first kappa shape index (κ1) is 17.7. The molecule has 1 aliphatic rings. The highest BCUT2D eigenvalue weighted by molar-refractivity contribution is 5.93. The largest absolute Gasteiger partial charge is 0.310 e. The van der Waals surface area contributed by atoms with Crippen molar-refractivity contribution in [3.05, 3.63) is 30.7 Å². The normalized spacial score (nSPS) is 20.5. The van der Waals surface area contributed by atoms with E-state index in [9.17, 15) is 4.79 Å². The van der Waals surface area contributed by atoms with E-state index in [4.69, 9.17) is 0 Å². The van der Waals surface area contributed by atoms with Gasteiger partial charge in [0.15, 0.2) is 0 Å². The maximum absolute atomic E-state index is 12.8. The van der Waals surface area contributed by atoms with E-state index < -0.39 is 0 Å². The number of hydrogen-bond acceptors (Lipinski definition) is 4. The minimum Gasteiger partial charge on any atom is -0.310 e. The lowest BCUT2D eigenvalue weighted by molar-refractivity contribution is -0.121. The van der Waals surface area contributed by atoms with E-state index in [1.807, 2.05) is 34.6 Å². The molecule has 0 bridgehead atoms. The third-order valence-corrected chi connectivity index (χ3v) is 5.19. The summed E-state index contributed by atoms with van der Waals surface area (Å²) in [7, 11) is 0. The first-order valence-corrected chi connectivity index (χ1v) is 9.17. The molecule has 1 fully saturated rings. The SMILES string of the molecule is CC[C@H](C)n1nccc1NC(=O)[C@H](C)N1CCC[C@H]1Cn1cccn1. The smallest absolute Gasteiger partial charge is 0.242 e. The number of hydrogen-bond donors (Lipinski definition) is 1. The van der Waals surface area contributed by atoms with Crippen molar-refractivity contribution < 1.29 is 4.79 Å². The van der Waals surface area contributed by atoms with Gasteiger partial charge < -0.3 is 5.32 Å². The van der Waals surface area contributed by atoms with Gasteiger partial charge in [-0.15, -0.1) is 0 Å². The number of aromatic nitrogens is 4. The van der Waals surface area contributed by atoms with Crippen molar-refractivity contribution in [3.63, 3.8) is 0 Å². The Hall–Kier alpha value is -2.15. The third-order valence-electron chi connectivity index (χ3n) is 5.19. The molecule has 0 aliphatic carbocycles. The minimum atomic E-state index is -0.177. The van der Waals surface area contributed by atoms with Crippen LogP contribution in [-0.2, 0) is 11.3 Å². The maximum atomic E-state index is 12.8. The number of carbonyl (C=O) groups is 1. The van der Waals surface area contributed by atoms with Crippen molar-refractivity contribution in [2.45, 2.75) is 64.7 Å². The Morgan fingerprint density at radius 3 is 2.92 bits per heavy atom. The van der Waals surface area contributed by atoms with Gasteiger partial charge in [0.25, 0.3) is 0 Å². The van der Waals surface area contributed by atoms with Crippen molar-refractivity contribution in [3.8, 4) is 0 Å². The highest BCUT2D eigenvalue weighted by Gasteiger charge is 2.32. The Morgan fingerprint density at radius 1 is 1.36 bits per heavy atom. The Labute approximate surface area is 149 Å². The molecule has 3 atom stereocenters. The molecule has 136 valence electrons. The topological polar surface area (TPSA) is 68.0 Å². The van der Waals surface area contributed by atoms with Crippen molar-refractivity contribution in [1.29, 1.82) is 0 Å². The number of carbonyl (C=O) groups excluding carboxylic acids is 1. The molecule has 0 spiro atoms. The van der Waals surface area contributed by atoms with E-state index in [1.165, 1.54) is 0 Å². The summed E-state index contributed by atoms with van der Waals surface area (Å²) in [4.78, 5) is 15.1. The molecule has 1 aliphatic heterocycles. The summed E-state index contributed by atoms with van der Waals surface area (Å²) in [6.07, 6.45) is 8.70. The van der Waals surface area contributed by atoms with Crippen LogP contribution >= 0.6 is 0 Å². The van der Waals surface area contributed by atoms with Gasteiger partial charge in [0.2, 0.25) is 5.91 Å². The molecule has 0 aromatic carbocycles. The van der Waals surface area contributed by atoms with Crippen LogP contribution in [0.1, 0.15) is 46.1 Å². The van der Waals surface area contributed by atoms with Crippen LogP contribution in [0.5, 0.6) is 0 Å². The average Bonchev–Trinajstić information content (AvgIpc) is 3.35. The molecular weight excluding hydrogens is 316 g/mol. The van der Waals surface area contributed by atoms with Crippen LogP contribution < -0.4 is 5.32 Å². The molecule has 1 saturated heterocycles. The molecule has 1 N–H and O–H groups in total.